The van der Waals surface area contributed by atoms with Gasteiger partial charge in [-0.2, -0.15) is 0 Å². The van der Waals surface area contributed by atoms with Crippen LogP contribution in [0.25, 0.3) is 0 Å². The summed E-state index contributed by atoms with van der Waals surface area (Å²) in [5, 5.41) is 0. The minimum Gasteiger partial charge on any atom is -0.404 e. The summed E-state index contributed by atoms with van der Waals surface area (Å²) in [4.78, 5) is 0. The van der Waals surface area contributed by atoms with Gasteiger partial charge < -0.3 is 4.43 Å². The van der Waals surface area contributed by atoms with Crippen LogP contribution < -0.4 is 0 Å². The summed E-state index contributed by atoms with van der Waals surface area (Å²) in [5.74, 6) is 0. The van der Waals surface area contributed by atoms with Gasteiger partial charge in [0.15, 0.2) is 0 Å². The van der Waals surface area contributed by atoms with Gasteiger partial charge in [-0.15, -0.1) is 0 Å². The molecule has 2 aliphatic rings. The molecule has 2 aromatic rings. The van der Waals surface area contributed by atoms with E-state index in [1.807, 2.05) is 6.08 Å². The van der Waals surface area contributed by atoms with Crippen LogP contribution >= 0.6 is 0 Å². The Hall–Kier alpha value is -1.64. The van der Waals surface area contributed by atoms with E-state index >= 15 is 0 Å². The maximum absolute atomic E-state index is 6.31. The van der Waals surface area contributed by atoms with E-state index < -0.39 is 0 Å². The Labute approximate surface area is 122 Å². The van der Waals surface area contributed by atoms with Crippen molar-refractivity contribution in [2.45, 2.75) is 24.0 Å². The zero-order valence-corrected chi connectivity index (χ0v) is 12.3. The molecule has 0 saturated heterocycles. The lowest BCUT2D eigenvalue weighted by molar-refractivity contribution is 0.0970. The summed E-state index contributed by atoms with van der Waals surface area (Å²) in [5.41, 5.74) is 5.99. The summed E-state index contributed by atoms with van der Waals surface area (Å²) < 4.78 is 6.31. The minimum absolute atomic E-state index is 0.237. The first-order chi connectivity index (χ1) is 9.82. The molecule has 0 heterocycles. The predicted molar refractivity (Wildman–Crippen MR) is 81.7 cm³/mol. The molecule has 98 valence electrons. The van der Waals surface area contributed by atoms with Crippen LogP contribution in [0.2, 0.25) is 0 Å². The zero-order valence-electron chi connectivity index (χ0n) is 11.3. The van der Waals surface area contributed by atoms with Gasteiger partial charge in [0, 0.05) is 12.0 Å². The maximum Gasteiger partial charge on any atom is 0.240 e. The summed E-state index contributed by atoms with van der Waals surface area (Å²) in [6.45, 7) is 4.00. The Kier molecular flexibility index (Phi) is 2.69. The first-order valence-corrected chi connectivity index (χ1v) is 8.04. The minimum atomic E-state index is -0.237. The van der Waals surface area contributed by atoms with Crippen LogP contribution in [-0.4, -0.2) is 9.76 Å². The third kappa shape index (κ3) is 1.65. The molecule has 20 heavy (non-hydrogen) atoms. The van der Waals surface area contributed by atoms with Crippen molar-refractivity contribution in [1.29, 1.82) is 0 Å². The summed E-state index contributed by atoms with van der Waals surface area (Å²) in [7, 11) is 0.517. The lowest BCUT2D eigenvalue weighted by Gasteiger charge is -2.43. The molecule has 0 fully saturated rings. The normalized spacial score (nSPS) is 25.9. The fraction of sp³-hybridized carbons (Fsp3) is 0.222. The molecule has 2 aliphatic carbocycles. The smallest absolute Gasteiger partial charge is 0.240 e. The molecule has 0 aromatic heterocycles. The van der Waals surface area contributed by atoms with Gasteiger partial charge in [-0.25, -0.2) is 0 Å². The zero-order chi connectivity index (χ0) is 13.6. The van der Waals surface area contributed by atoms with Gasteiger partial charge in [0.25, 0.3) is 0 Å². The molecule has 4 rings (SSSR count). The highest BCUT2D eigenvalue weighted by atomic mass is 28.2. The van der Waals surface area contributed by atoms with Crippen molar-refractivity contribution in [1.82, 2.24) is 0 Å². The Morgan fingerprint density at radius 1 is 1.10 bits per heavy atom. The molecule has 2 unspecified atom stereocenters. The van der Waals surface area contributed by atoms with Crippen LogP contribution in [0.3, 0.4) is 0 Å². The van der Waals surface area contributed by atoms with E-state index in [-0.39, 0.29) is 5.60 Å². The van der Waals surface area contributed by atoms with Crippen molar-refractivity contribution in [2.24, 2.45) is 0 Å². The molecule has 2 atom stereocenters. The molecule has 0 aliphatic heterocycles. The quantitative estimate of drug-likeness (QED) is 0.613. The standard InChI is InChI=1S/C18H16OSi/c1-2-18(12-14-8-4-6-10-16(14)18)19-20-17-11-13-7-3-5-9-15(13)17/h2-10,17H,1,11-12H2. The van der Waals surface area contributed by atoms with Crippen molar-refractivity contribution >= 4 is 9.76 Å². The van der Waals surface area contributed by atoms with E-state index in [0.717, 1.165) is 12.8 Å². The van der Waals surface area contributed by atoms with Gasteiger partial charge >= 0.3 is 0 Å². The Balaban J connectivity index is 1.50. The number of rotatable bonds is 4. The lowest BCUT2D eigenvalue weighted by Crippen LogP contribution is -2.42. The molecular weight excluding hydrogens is 260 g/mol. The van der Waals surface area contributed by atoms with Gasteiger partial charge in [0.05, 0.1) is 0 Å². The molecule has 2 aromatic carbocycles. The maximum atomic E-state index is 6.31. The van der Waals surface area contributed by atoms with E-state index in [1.54, 1.807) is 0 Å². The third-order valence-corrected chi connectivity index (χ3v) is 5.78. The number of fused-ring (bicyclic) bond motifs is 2. The van der Waals surface area contributed by atoms with Gasteiger partial charge in [0.1, 0.15) is 5.60 Å². The number of hydrogen-bond acceptors (Lipinski definition) is 1. The van der Waals surface area contributed by atoms with E-state index in [0.29, 0.717) is 15.3 Å². The second-order valence-corrected chi connectivity index (χ2v) is 6.74. The van der Waals surface area contributed by atoms with Crippen molar-refractivity contribution < 1.29 is 4.43 Å². The fourth-order valence-electron chi connectivity index (χ4n) is 3.21. The van der Waals surface area contributed by atoms with Crippen LogP contribution in [0.1, 0.15) is 27.8 Å². The van der Waals surface area contributed by atoms with Gasteiger partial charge in [0.2, 0.25) is 9.76 Å². The van der Waals surface area contributed by atoms with Crippen LogP contribution in [-0.2, 0) is 22.9 Å². The summed E-state index contributed by atoms with van der Waals surface area (Å²) >= 11 is 0. The molecule has 0 bridgehead atoms. The number of benzene rings is 2. The van der Waals surface area contributed by atoms with E-state index in [1.165, 1.54) is 22.3 Å². The van der Waals surface area contributed by atoms with Gasteiger partial charge in [-0.1, -0.05) is 61.2 Å². The number of hydrogen-bond donors (Lipinski definition) is 0. The van der Waals surface area contributed by atoms with Crippen LogP contribution in [0.4, 0.5) is 0 Å². The predicted octanol–water partition coefficient (Wildman–Crippen LogP) is 3.56. The molecule has 0 amide bonds. The largest absolute Gasteiger partial charge is 0.404 e. The fourth-order valence-corrected chi connectivity index (χ4v) is 4.54. The van der Waals surface area contributed by atoms with E-state index in [9.17, 15) is 0 Å². The van der Waals surface area contributed by atoms with Crippen molar-refractivity contribution in [3.63, 3.8) is 0 Å². The van der Waals surface area contributed by atoms with Gasteiger partial charge in [-0.05, 0) is 28.7 Å². The average Bonchev–Trinajstić information content (AvgIpc) is 2.44. The molecule has 0 spiro atoms. The Morgan fingerprint density at radius 3 is 2.60 bits per heavy atom. The highest BCUT2D eigenvalue weighted by Gasteiger charge is 2.42. The summed E-state index contributed by atoms with van der Waals surface area (Å²) in [6, 6.07) is 17.2. The summed E-state index contributed by atoms with van der Waals surface area (Å²) in [6.07, 6.45) is 4.10. The van der Waals surface area contributed by atoms with Crippen molar-refractivity contribution in [3.05, 3.63) is 83.4 Å². The molecule has 1 nitrogen and oxygen atoms in total. The van der Waals surface area contributed by atoms with Crippen LogP contribution in [0.5, 0.6) is 0 Å². The third-order valence-electron chi connectivity index (χ3n) is 4.49. The lowest BCUT2D eigenvalue weighted by atomic mass is 9.74. The Morgan fingerprint density at radius 2 is 1.85 bits per heavy atom. The SMILES string of the molecule is C=CC1(O[Si]C2Cc3ccccc32)Cc2ccccc21. The first kappa shape index (κ1) is 12.1. The van der Waals surface area contributed by atoms with Gasteiger partial charge in [-0.3, -0.25) is 0 Å². The topological polar surface area (TPSA) is 9.23 Å². The second-order valence-electron chi connectivity index (χ2n) is 5.60. The van der Waals surface area contributed by atoms with E-state index in [2.05, 4.69) is 55.1 Å². The monoisotopic (exact) mass is 276 g/mol. The first-order valence-electron chi connectivity index (χ1n) is 7.06. The molecule has 0 saturated carbocycles. The van der Waals surface area contributed by atoms with Crippen LogP contribution in [0, 0.1) is 0 Å². The molecule has 2 heteroatoms. The Bertz CT molecular complexity index is 679. The van der Waals surface area contributed by atoms with E-state index in [4.69, 9.17) is 4.43 Å². The molecule has 0 N–H and O–H groups in total. The van der Waals surface area contributed by atoms with Crippen molar-refractivity contribution in [3.8, 4) is 0 Å². The van der Waals surface area contributed by atoms with Crippen LogP contribution in [0.15, 0.2) is 61.2 Å². The molecule has 2 radical (unpaired) electrons. The average molecular weight is 276 g/mol. The molecular formula is C18H16OSi. The highest BCUT2D eigenvalue weighted by Crippen LogP contribution is 2.44. The van der Waals surface area contributed by atoms with Crippen molar-refractivity contribution in [2.75, 3.05) is 0 Å². The second kappa shape index (κ2) is 4.44. The highest BCUT2D eigenvalue weighted by molar-refractivity contribution is 6.31.